The molecule has 0 unspecified atom stereocenters. The van der Waals surface area contributed by atoms with Gasteiger partial charge in [-0.15, -0.1) is 0 Å². The summed E-state index contributed by atoms with van der Waals surface area (Å²) in [5.74, 6) is 2.00. The van der Waals surface area contributed by atoms with Crippen LogP contribution in [0.4, 0.5) is 26.3 Å². The van der Waals surface area contributed by atoms with Gasteiger partial charge in [0, 0.05) is 0 Å². The first-order valence-corrected chi connectivity index (χ1v) is 12.9. The Bertz CT molecular complexity index is 568. The van der Waals surface area contributed by atoms with E-state index in [-0.39, 0.29) is 0 Å². The molecule has 0 atom stereocenters. The smallest absolute Gasteiger partial charge is 0.485 e. The highest BCUT2D eigenvalue weighted by Crippen LogP contribution is 2.21. The van der Waals surface area contributed by atoms with Crippen molar-refractivity contribution in [3.8, 4) is 0 Å². The van der Waals surface area contributed by atoms with E-state index in [9.17, 15) is 31.1 Å². The van der Waals surface area contributed by atoms with Crippen molar-refractivity contribution in [2.75, 3.05) is 36.5 Å². The Labute approximate surface area is 152 Å². The summed E-state index contributed by atoms with van der Waals surface area (Å²) in [6.07, 6.45) is 8.45. The number of Topliss-reactive ketones (excluding diaryl/α,β-unsaturated/α-hetero) is 1. The van der Waals surface area contributed by atoms with E-state index in [1.54, 1.807) is 0 Å². The summed E-state index contributed by atoms with van der Waals surface area (Å²) in [6, 6.07) is 0. The maximum Gasteiger partial charge on any atom is 0.485 e. The lowest BCUT2D eigenvalue weighted by Crippen LogP contribution is -2.21. The van der Waals surface area contributed by atoms with E-state index in [1.807, 2.05) is 0 Å². The van der Waals surface area contributed by atoms with Gasteiger partial charge in [0.05, 0.1) is 25.0 Å². The fraction of sp³-hybridized carbons (Fsp3) is 0.889. The highest BCUT2D eigenvalue weighted by atomic mass is 32.2. The number of alkyl halides is 6. The first-order valence-electron chi connectivity index (χ1n) is 5.66. The van der Waals surface area contributed by atoms with E-state index in [1.165, 1.54) is 0 Å². The van der Waals surface area contributed by atoms with Crippen LogP contribution in [-0.4, -0.2) is 79.3 Å². The zero-order valence-corrected chi connectivity index (χ0v) is 16.9. The lowest BCUT2D eigenvalue weighted by molar-refractivity contribution is -0.114. The number of hydrogen-bond donors (Lipinski definition) is 0. The van der Waals surface area contributed by atoms with E-state index in [0.29, 0.717) is 27.6 Å². The molecule has 0 aromatic heterocycles. The van der Waals surface area contributed by atoms with Gasteiger partial charge in [-0.05, 0) is 21.8 Å². The number of halogens is 6. The molecule has 160 valence electrons. The number of carbonyl (C=O) groups is 1. The van der Waals surface area contributed by atoms with Crippen LogP contribution in [0.15, 0.2) is 0 Å². The topological polar surface area (TPSA) is 131 Å². The summed E-state index contributed by atoms with van der Waals surface area (Å²) in [7, 11) is -11.6. The van der Waals surface area contributed by atoms with Crippen molar-refractivity contribution in [2.45, 2.75) is 11.0 Å². The molecule has 7 nitrogen and oxygen atoms in total. The molecule has 0 saturated carbocycles. The summed E-state index contributed by atoms with van der Waals surface area (Å²) in [5.41, 5.74) is -11.3. The second kappa shape index (κ2) is 11.6. The molecule has 0 N–H and O–H groups in total. The summed E-state index contributed by atoms with van der Waals surface area (Å²) >= 11 is 0. The minimum atomic E-state index is -6.09. The van der Waals surface area contributed by atoms with Gasteiger partial charge in [0.2, 0.25) is 5.78 Å². The van der Waals surface area contributed by atoms with Crippen LogP contribution in [0.3, 0.4) is 0 Å². The first kappa shape index (κ1) is 30.5. The van der Waals surface area contributed by atoms with Gasteiger partial charge in [0.25, 0.3) is 0 Å². The molecule has 0 amide bonds. The number of ketones is 1. The maximum atomic E-state index is 11.1. The third kappa shape index (κ3) is 18.6. The molecule has 0 aliphatic rings. The molecule has 0 heterocycles. The minimum Gasteiger partial charge on any atom is -0.741 e. The van der Waals surface area contributed by atoms with E-state index < -0.39 is 31.3 Å². The summed E-state index contributed by atoms with van der Waals surface area (Å²) in [5, 5.41) is 0. The highest BCUT2D eigenvalue weighted by molar-refractivity contribution is 7.97. The normalized spacial score (nSPS) is 12.8. The van der Waals surface area contributed by atoms with Gasteiger partial charge in [-0.25, -0.2) is 16.8 Å². The van der Waals surface area contributed by atoms with Gasteiger partial charge in [0.15, 0.2) is 31.7 Å². The number of rotatable bonds is 4. The van der Waals surface area contributed by atoms with Gasteiger partial charge in [-0.3, -0.25) is 4.79 Å². The van der Waals surface area contributed by atoms with E-state index >= 15 is 0 Å². The van der Waals surface area contributed by atoms with Gasteiger partial charge in [-0.1, -0.05) is 0 Å². The predicted octanol–water partition coefficient (Wildman–Crippen LogP) is 0.414. The van der Waals surface area contributed by atoms with Crippen LogP contribution in [0.5, 0.6) is 0 Å². The van der Waals surface area contributed by atoms with Crippen molar-refractivity contribution in [1.82, 2.24) is 0 Å². The molecule has 0 fully saturated rings. The molecular weight excluding hydrogens is 462 g/mol. The van der Waals surface area contributed by atoms with Gasteiger partial charge in [0.1, 0.15) is 0 Å². The predicted molar refractivity (Wildman–Crippen MR) is 84.7 cm³/mol. The second-order valence-corrected chi connectivity index (χ2v) is 11.9. The van der Waals surface area contributed by atoms with Crippen molar-refractivity contribution in [3.63, 3.8) is 0 Å². The highest BCUT2D eigenvalue weighted by Gasteiger charge is 2.37. The van der Waals surface area contributed by atoms with E-state index in [4.69, 9.17) is 25.9 Å². The maximum absolute atomic E-state index is 11.1. The summed E-state index contributed by atoms with van der Waals surface area (Å²) < 4.78 is 118. The van der Waals surface area contributed by atoms with Gasteiger partial charge in [-0.2, -0.15) is 26.3 Å². The number of hydrogen-bond acceptors (Lipinski definition) is 7. The van der Waals surface area contributed by atoms with E-state index in [2.05, 4.69) is 25.0 Å². The van der Waals surface area contributed by atoms with Crippen molar-refractivity contribution < 1.29 is 57.1 Å². The molecule has 0 rings (SSSR count). The largest absolute Gasteiger partial charge is 0.741 e. The van der Waals surface area contributed by atoms with E-state index in [0.717, 1.165) is 11.5 Å². The molecular formula is C9H16F6O7S4. The summed E-state index contributed by atoms with van der Waals surface area (Å²) in [6.45, 7) is 0. The van der Waals surface area contributed by atoms with Crippen LogP contribution in [0.2, 0.25) is 0 Å². The quantitative estimate of drug-likeness (QED) is 0.248. The molecule has 0 aromatic carbocycles. The Morgan fingerprint density at radius 1 is 0.731 bits per heavy atom. The Morgan fingerprint density at radius 3 is 0.962 bits per heavy atom. The fourth-order valence-electron chi connectivity index (χ4n) is 0.686. The molecule has 0 bridgehead atoms. The molecule has 0 aliphatic heterocycles. The molecule has 0 aromatic rings. The van der Waals surface area contributed by atoms with Crippen molar-refractivity contribution in [1.29, 1.82) is 0 Å². The van der Waals surface area contributed by atoms with Crippen LogP contribution < -0.4 is 0 Å². The minimum absolute atomic E-state index is 0.293. The monoisotopic (exact) mass is 478 g/mol. The van der Waals surface area contributed by atoms with Crippen LogP contribution in [-0.2, 0) is 46.8 Å². The molecule has 26 heavy (non-hydrogen) atoms. The van der Waals surface area contributed by atoms with Crippen LogP contribution in [0.25, 0.3) is 0 Å². The molecule has 17 heteroatoms. The zero-order chi connectivity index (χ0) is 22.1. The van der Waals surface area contributed by atoms with Crippen LogP contribution in [0.1, 0.15) is 0 Å². The Balaban J connectivity index is -0.000000308. The van der Waals surface area contributed by atoms with Gasteiger partial charge < -0.3 is 9.11 Å². The standard InChI is InChI=1S/C7H16OS2.2CHF3O3S/c1-9(2)5-7(8)6-10(3)4;2*2-1(3,4)8(5,6)7/h5-6H2,1-4H3;2*(H,5,6,7)/q+2;;/p-2. The Kier molecular flexibility index (Phi) is 13.6. The van der Waals surface area contributed by atoms with Crippen LogP contribution in [0, 0.1) is 0 Å². The third-order valence-corrected chi connectivity index (χ3v) is 4.40. The average Bonchev–Trinajstić information content (AvgIpc) is 2.21. The lowest BCUT2D eigenvalue weighted by atomic mass is 10.5. The van der Waals surface area contributed by atoms with Crippen molar-refractivity contribution >= 4 is 47.8 Å². The zero-order valence-electron chi connectivity index (χ0n) is 13.7. The summed E-state index contributed by atoms with van der Waals surface area (Å²) in [4.78, 5) is 11.1. The Morgan fingerprint density at radius 2 is 0.885 bits per heavy atom. The average molecular weight is 478 g/mol. The third-order valence-electron chi connectivity index (χ3n) is 1.47. The van der Waals surface area contributed by atoms with Gasteiger partial charge >= 0.3 is 11.0 Å². The van der Waals surface area contributed by atoms with Crippen molar-refractivity contribution in [3.05, 3.63) is 0 Å². The van der Waals surface area contributed by atoms with Crippen LogP contribution >= 0.6 is 0 Å². The second-order valence-electron chi connectivity index (χ2n) is 4.60. The number of carbonyl (C=O) groups excluding carboxylic acids is 1. The molecule has 0 aliphatic carbocycles. The molecule has 0 saturated heterocycles. The molecule has 0 radical (unpaired) electrons. The van der Waals surface area contributed by atoms with Crippen molar-refractivity contribution in [2.24, 2.45) is 0 Å². The fourth-order valence-corrected chi connectivity index (χ4v) is 2.31. The SMILES string of the molecule is C[S+](C)CC(=O)C[S+](C)C.O=S(=O)([O-])C(F)(F)F.O=S(=O)([O-])C(F)(F)F. The molecule has 0 spiro atoms. The first-order chi connectivity index (χ1) is 11.0. The lowest BCUT2D eigenvalue weighted by Gasteiger charge is -2.08. The Hall–Kier alpha value is -0.230.